The Kier molecular flexibility index (Phi) is 4.42. The van der Waals surface area contributed by atoms with Gasteiger partial charge in [-0.25, -0.2) is 0 Å². The molecular weight excluding hydrogens is 280 g/mol. The molecular formula is C13H19BrN2O. The number of nitrogens with two attached hydrogens (primary N) is 1. The molecule has 1 aromatic rings. The quantitative estimate of drug-likeness (QED) is 0.872. The third kappa shape index (κ3) is 3.21. The average molecular weight is 299 g/mol. The van der Waals surface area contributed by atoms with Crippen molar-refractivity contribution >= 4 is 21.6 Å². The predicted octanol–water partition coefficient (Wildman–Crippen LogP) is 2.64. The summed E-state index contributed by atoms with van der Waals surface area (Å²) in [6.45, 7) is 5.87. The molecule has 2 N–H and O–H groups in total. The van der Waals surface area contributed by atoms with Crippen LogP contribution in [0.3, 0.4) is 0 Å². The van der Waals surface area contributed by atoms with Gasteiger partial charge in [0.25, 0.3) is 0 Å². The molecule has 94 valence electrons. The van der Waals surface area contributed by atoms with Crippen LogP contribution in [0.4, 0.5) is 5.69 Å². The molecule has 4 heteroatoms. The van der Waals surface area contributed by atoms with Gasteiger partial charge in [-0.15, -0.1) is 0 Å². The lowest BCUT2D eigenvalue weighted by Crippen LogP contribution is -2.44. The van der Waals surface area contributed by atoms with E-state index >= 15 is 0 Å². The first-order valence-electron chi connectivity index (χ1n) is 6.06. The Morgan fingerprint density at radius 2 is 2.35 bits per heavy atom. The first kappa shape index (κ1) is 12.9. The van der Waals surface area contributed by atoms with Gasteiger partial charge in [-0.05, 0) is 24.1 Å². The van der Waals surface area contributed by atoms with E-state index in [9.17, 15) is 0 Å². The minimum atomic E-state index is 0.535. The molecule has 1 saturated heterocycles. The predicted molar refractivity (Wildman–Crippen MR) is 73.9 cm³/mol. The Hall–Kier alpha value is -0.580. The van der Waals surface area contributed by atoms with Crippen molar-refractivity contribution in [3.8, 4) is 0 Å². The maximum Gasteiger partial charge on any atom is 0.0622 e. The van der Waals surface area contributed by atoms with Gasteiger partial charge in [-0.2, -0.15) is 0 Å². The number of hydrogen-bond acceptors (Lipinski definition) is 3. The van der Waals surface area contributed by atoms with Crippen molar-refractivity contribution < 1.29 is 4.74 Å². The lowest BCUT2D eigenvalue weighted by atomic mass is 10.1. The molecule has 1 unspecified atom stereocenters. The van der Waals surface area contributed by atoms with E-state index in [0.717, 1.165) is 42.9 Å². The molecule has 0 radical (unpaired) electrons. The highest BCUT2D eigenvalue weighted by molar-refractivity contribution is 9.10. The molecule has 1 atom stereocenters. The number of benzene rings is 1. The van der Waals surface area contributed by atoms with Crippen LogP contribution < -0.4 is 5.73 Å². The van der Waals surface area contributed by atoms with Crippen LogP contribution >= 0.6 is 15.9 Å². The number of halogens is 1. The number of ether oxygens (including phenoxy) is 1. The molecule has 2 rings (SSSR count). The van der Waals surface area contributed by atoms with Gasteiger partial charge in [0, 0.05) is 29.3 Å². The highest BCUT2D eigenvalue weighted by Gasteiger charge is 2.21. The first-order chi connectivity index (χ1) is 8.20. The van der Waals surface area contributed by atoms with Gasteiger partial charge in [0.15, 0.2) is 0 Å². The van der Waals surface area contributed by atoms with Gasteiger partial charge < -0.3 is 10.5 Å². The maximum absolute atomic E-state index is 5.75. The zero-order valence-electron chi connectivity index (χ0n) is 10.2. The topological polar surface area (TPSA) is 38.5 Å². The minimum Gasteiger partial charge on any atom is -0.399 e. The molecule has 1 heterocycles. The summed E-state index contributed by atoms with van der Waals surface area (Å²) in [7, 11) is 0. The normalized spacial score (nSPS) is 21.6. The van der Waals surface area contributed by atoms with Crippen LogP contribution in [0.25, 0.3) is 0 Å². The Morgan fingerprint density at radius 1 is 1.53 bits per heavy atom. The number of nitrogens with zero attached hydrogens (tertiary/aromatic N) is 1. The zero-order valence-corrected chi connectivity index (χ0v) is 11.7. The van der Waals surface area contributed by atoms with E-state index in [1.54, 1.807) is 0 Å². The van der Waals surface area contributed by atoms with Crippen molar-refractivity contribution in [2.45, 2.75) is 25.9 Å². The highest BCUT2D eigenvalue weighted by atomic mass is 79.9. The van der Waals surface area contributed by atoms with Gasteiger partial charge in [-0.1, -0.05) is 28.9 Å². The Morgan fingerprint density at radius 3 is 3.06 bits per heavy atom. The molecule has 0 bridgehead atoms. The third-order valence-electron chi connectivity index (χ3n) is 3.27. The summed E-state index contributed by atoms with van der Waals surface area (Å²) in [5.41, 5.74) is 7.84. The van der Waals surface area contributed by atoms with Crippen molar-refractivity contribution in [1.82, 2.24) is 4.90 Å². The Balaban J connectivity index is 2.08. The van der Waals surface area contributed by atoms with Gasteiger partial charge in [-0.3, -0.25) is 4.90 Å². The van der Waals surface area contributed by atoms with Gasteiger partial charge >= 0.3 is 0 Å². The number of hydrogen-bond donors (Lipinski definition) is 1. The van der Waals surface area contributed by atoms with Crippen molar-refractivity contribution in [3.63, 3.8) is 0 Å². The highest BCUT2D eigenvalue weighted by Crippen LogP contribution is 2.23. The van der Waals surface area contributed by atoms with Gasteiger partial charge in [0.2, 0.25) is 0 Å². The average Bonchev–Trinajstić information content (AvgIpc) is 2.33. The van der Waals surface area contributed by atoms with E-state index in [4.69, 9.17) is 10.5 Å². The van der Waals surface area contributed by atoms with E-state index in [-0.39, 0.29) is 0 Å². The van der Waals surface area contributed by atoms with Crippen LogP contribution in [0, 0.1) is 0 Å². The lowest BCUT2D eigenvalue weighted by molar-refractivity contribution is -0.0128. The molecule has 0 amide bonds. The fourth-order valence-corrected chi connectivity index (χ4v) is 2.71. The summed E-state index contributed by atoms with van der Waals surface area (Å²) in [6.07, 6.45) is 1.13. The van der Waals surface area contributed by atoms with Crippen LogP contribution in [-0.2, 0) is 11.3 Å². The van der Waals surface area contributed by atoms with Crippen LogP contribution in [0.15, 0.2) is 22.7 Å². The fraction of sp³-hybridized carbons (Fsp3) is 0.538. The Labute approximate surface area is 111 Å². The number of anilines is 1. The molecule has 1 fully saturated rings. The second-order valence-corrected chi connectivity index (χ2v) is 5.31. The molecule has 1 aliphatic heterocycles. The van der Waals surface area contributed by atoms with E-state index in [0.29, 0.717) is 6.04 Å². The van der Waals surface area contributed by atoms with Crippen LogP contribution in [0.5, 0.6) is 0 Å². The standard InChI is InChI=1S/C13H19BrN2O/c1-2-12-9-17-6-5-16(12)8-10-3-4-11(15)7-13(10)14/h3-4,7,12H,2,5-6,8-9,15H2,1H3. The second-order valence-electron chi connectivity index (χ2n) is 4.46. The van der Waals surface area contributed by atoms with Gasteiger partial charge in [0.1, 0.15) is 0 Å². The van der Waals surface area contributed by atoms with Crippen molar-refractivity contribution in [3.05, 3.63) is 28.2 Å². The summed E-state index contributed by atoms with van der Waals surface area (Å²) in [5.74, 6) is 0. The van der Waals surface area contributed by atoms with Crippen LogP contribution in [-0.4, -0.2) is 30.7 Å². The van der Waals surface area contributed by atoms with E-state index < -0.39 is 0 Å². The van der Waals surface area contributed by atoms with E-state index in [1.807, 2.05) is 12.1 Å². The summed E-state index contributed by atoms with van der Waals surface area (Å²) < 4.78 is 6.61. The Bertz CT molecular complexity index is 384. The van der Waals surface area contributed by atoms with Crippen LogP contribution in [0.1, 0.15) is 18.9 Å². The van der Waals surface area contributed by atoms with Crippen molar-refractivity contribution in [2.24, 2.45) is 0 Å². The first-order valence-corrected chi connectivity index (χ1v) is 6.85. The zero-order chi connectivity index (χ0) is 12.3. The molecule has 0 saturated carbocycles. The second kappa shape index (κ2) is 5.85. The largest absolute Gasteiger partial charge is 0.399 e. The molecule has 0 spiro atoms. The summed E-state index contributed by atoms with van der Waals surface area (Å²) >= 11 is 3.58. The van der Waals surface area contributed by atoms with E-state index in [1.165, 1.54) is 5.56 Å². The van der Waals surface area contributed by atoms with Crippen LogP contribution in [0.2, 0.25) is 0 Å². The van der Waals surface area contributed by atoms with Gasteiger partial charge in [0.05, 0.1) is 13.2 Å². The molecule has 17 heavy (non-hydrogen) atoms. The molecule has 0 aromatic heterocycles. The molecule has 1 aliphatic rings. The molecule has 1 aromatic carbocycles. The van der Waals surface area contributed by atoms with Crippen molar-refractivity contribution in [1.29, 1.82) is 0 Å². The SMILES string of the molecule is CCC1COCCN1Cc1ccc(N)cc1Br. The summed E-state index contributed by atoms with van der Waals surface area (Å²) in [4.78, 5) is 2.49. The number of rotatable bonds is 3. The lowest BCUT2D eigenvalue weighted by Gasteiger charge is -2.35. The monoisotopic (exact) mass is 298 g/mol. The number of nitrogen functional groups attached to an aromatic ring is 1. The minimum absolute atomic E-state index is 0.535. The molecule has 3 nitrogen and oxygen atoms in total. The number of morpholine rings is 1. The maximum atomic E-state index is 5.75. The smallest absolute Gasteiger partial charge is 0.0622 e. The third-order valence-corrected chi connectivity index (χ3v) is 4.01. The molecule has 0 aliphatic carbocycles. The summed E-state index contributed by atoms with van der Waals surface area (Å²) in [6, 6.07) is 6.56. The summed E-state index contributed by atoms with van der Waals surface area (Å²) in [5, 5.41) is 0. The fourth-order valence-electron chi connectivity index (χ4n) is 2.18. The van der Waals surface area contributed by atoms with Crippen molar-refractivity contribution in [2.75, 3.05) is 25.5 Å². The van der Waals surface area contributed by atoms with E-state index in [2.05, 4.69) is 33.8 Å².